The molecule has 2 aromatic carbocycles. The summed E-state index contributed by atoms with van der Waals surface area (Å²) < 4.78 is 1.11. The molecule has 0 bridgehead atoms. The smallest absolute Gasteiger partial charge is 0.273 e. The predicted octanol–water partition coefficient (Wildman–Crippen LogP) is 2.67. The zero-order chi connectivity index (χ0) is 19.7. The lowest BCUT2D eigenvalue weighted by Crippen LogP contribution is -2.27. The van der Waals surface area contributed by atoms with Crippen molar-refractivity contribution in [3.8, 4) is 11.5 Å². The molecule has 0 aliphatic heterocycles. The largest absolute Gasteiger partial charge is 0.506 e. The highest BCUT2D eigenvalue weighted by Crippen LogP contribution is 2.30. The number of phenols is 1. The van der Waals surface area contributed by atoms with Gasteiger partial charge in [-0.2, -0.15) is 0 Å². The summed E-state index contributed by atoms with van der Waals surface area (Å²) in [6, 6.07) is 9.47. The molecule has 0 radical (unpaired) electrons. The Balaban J connectivity index is 2.10. The number of aromatic nitrogens is 1. The molecule has 3 aromatic rings. The van der Waals surface area contributed by atoms with Crippen molar-refractivity contribution in [2.75, 3.05) is 5.32 Å². The number of anilines is 1. The van der Waals surface area contributed by atoms with E-state index in [9.17, 15) is 29.9 Å². The Morgan fingerprint density at radius 1 is 1.22 bits per heavy atom. The van der Waals surface area contributed by atoms with Crippen LogP contribution in [0, 0.1) is 10.1 Å². The molecule has 9 heteroatoms. The number of carbonyl (C=O) groups excluding carboxylic acids is 1. The Morgan fingerprint density at radius 3 is 2.56 bits per heavy atom. The zero-order valence-corrected chi connectivity index (χ0v) is 13.7. The Kier molecular flexibility index (Phi) is 4.34. The minimum absolute atomic E-state index is 0.150. The highest BCUT2D eigenvalue weighted by molar-refractivity contribution is 6.09. The molecule has 0 fully saturated rings. The van der Waals surface area contributed by atoms with E-state index in [0.717, 1.165) is 22.8 Å². The van der Waals surface area contributed by atoms with Gasteiger partial charge < -0.3 is 15.5 Å². The molecule has 0 atom stereocenters. The van der Waals surface area contributed by atoms with Crippen LogP contribution in [0.25, 0.3) is 17.1 Å². The molecule has 0 aliphatic rings. The maximum absolute atomic E-state index is 12.6. The van der Waals surface area contributed by atoms with Gasteiger partial charge in [0.1, 0.15) is 17.1 Å². The number of carbonyl (C=O) groups is 1. The van der Waals surface area contributed by atoms with Crippen LogP contribution in [0.15, 0.2) is 53.8 Å². The molecule has 1 heterocycles. The summed E-state index contributed by atoms with van der Waals surface area (Å²) in [5.74, 6) is -2.06. The van der Waals surface area contributed by atoms with E-state index < -0.39 is 33.5 Å². The molecule has 1 aromatic heterocycles. The van der Waals surface area contributed by atoms with E-state index in [2.05, 4.69) is 11.9 Å². The van der Waals surface area contributed by atoms with Crippen molar-refractivity contribution in [1.82, 2.24) is 4.57 Å². The number of pyridine rings is 1. The van der Waals surface area contributed by atoms with Crippen LogP contribution in [0.3, 0.4) is 0 Å². The number of nitrogens with one attached hydrogen (secondary N) is 1. The average molecular weight is 367 g/mol. The fourth-order valence-corrected chi connectivity index (χ4v) is 2.66. The number of nitro groups is 1. The van der Waals surface area contributed by atoms with E-state index in [4.69, 9.17) is 0 Å². The molecule has 27 heavy (non-hydrogen) atoms. The molecule has 0 aliphatic carbocycles. The third-order valence-electron chi connectivity index (χ3n) is 3.94. The lowest BCUT2D eigenvalue weighted by atomic mass is 10.1. The fourth-order valence-electron chi connectivity index (χ4n) is 2.66. The summed E-state index contributed by atoms with van der Waals surface area (Å²) in [5.41, 5.74) is -1.51. The van der Waals surface area contributed by atoms with Gasteiger partial charge >= 0.3 is 0 Å². The quantitative estimate of drug-likeness (QED) is 0.369. The van der Waals surface area contributed by atoms with Crippen LogP contribution in [0.1, 0.15) is 10.4 Å². The topological polar surface area (TPSA) is 135 Å². The number of nitro benzene ring substituents is 1. The van der Waals surface area contributed by atoms with Gasteiger partial charge in [-0.3, -0.25) is 24.3 Å². The van der Waals surface area contributed by atoms with Gasteiger partial charge in [0.05, 0.1) is 22.2 Å². The van der Waals surface area contributed by atoms with E-state index >= 15 is 0 Å². The minimum atomic E-state index is -0.983. The second-order valence-electron chi connectivity index (χ2n) is 5.51. The van der Waals surface area contributed by atoms with Crippen molar-refractivity contribution in [1.29, 1.82) is 0 Å². The first kappa shape index (κ1) is 17.7. The molecule has 3 rings (SSSR count). The number of hydrogen-bond acceptors (Lipinski definition) is 6. The van der Waals surface area contributed by atoms with E-state index in [1.165, 1.54) is 12.3 Å². The molecule has 0 saturated heterocycles. The van der Waals surface area contributed by atoms with Gasteiger partial charge in [0.25, 0.3) is 17.2 Å². The van der Waals surface area contributed by atoms with Crippen LogP contribution in [-0.4, -0.2) is 25.6 Å². The molecule has 136 valence electrons. The molecular formula is C18H13N3O6. The first-order chi connectivity index (χ1) is 12.8. The molecule has 9 nitrogen and oxygen atoms in total. The molecule has 0 spiro atoms. The zero-order valence-electron chi connectivity index (χ0n) is 13.7. The van der Waals surface area contributed by atoms with Gasteiger partial charge in [0.15, 0.2) is 0 Å². The number of benzene rings is 2. The second-order valence-corrected chi connectivity index (χ2v) is 5.51. The second kappa shape index (κ2) is 6.64. The van der Waals surface area contributed by atoms with E-state index in [-0.39, 0.29) is 16.8 Å². The fraction of sp³-hybridized carbons (Fsp3) is 0. The molecule has 3 N–H and O–H groups in total. The summed E-state index contributed by atoms with van der Waals surface area (Å²) in [6.45, 7) is 3.54. The standard InChI is InChI=1S/C18H13N3O6/c1-2-20-13-6-4-3-5-11(13)16(23)15(18(20)25)17(24)19-12-8-7-10(21(26)27)9-14(12)22/h2-9,22-23H,1H2,(H,19,24). The number of para-hydroxylation sites is 1. The number of aromatic hydroxyl groups is 2. The Labute approximate surface area is 151 Å². The van der Waals surface area contributed by atoms with Crippen LogP contribution in [0.4, 0.5) is 11.4 Å². The number of non-ortho nitro benzene ring substituents is 1. The number of nitrogens with zero attached hydrogens (tertiary/aromatic N) is 2. The third-order valence-corrected chi connectivity index (χ3v) is 3.94. The summed E-state index contributed by atoms with van der Waals surface area (Å²) in [4.78, 5) is 35.2. The summed E-state index contributed by atoms with van der Waals surface area (Å²) >= 11 is 0. The van der Waals surface area contributed by atoms with Crippen molar-refractivity contribution < 1.29 is 19.9 Å². The van der Waals surface area contributed by atoms with Gasteiger partial charge in [-0.1, -0.05) is 18.7 Å². The van der Waals surface area contributed by atoms with Crippen LogP contribution >= 0.6 is 0 Å². The first-order valence-corrected chi connectivity index (χ1v) is 7.62. The minimum Gasteiger partial charge on any atom is -0.506 e. The van der Waals surface area contributed by atoms with Gasteiger partial charge in [-0.05, 0) is 18.2 Å². The number of amides is 1. The van der Waals surface area contributed by atoms with Crippen molar-refractivity contribution >= 4 is 34.4 Å². The van der Waals surface area contributed by atoms with E-state index in [1.54, 1.807) is 18.2 Å². The Morgan fingerprint density at radius 2 is 1.93 bits per heavy atom. The first-order valence-electron chi connectivity index (χ1n) is 7.62. The molecule has 1 amide bonds. The molecule has 0 saturated carbocycles. The maximum atomic E-state index is 12.6. The van der Waals surface area contributed by atoms with Gasteiger partial charge in [-0.15, -0.1) is 0 Å². The summed E-state index contributed by atoms with van der Waals surface area (Å²) in [5, 5.41) is 33.5. The average Bonchev–Trinajstić information content (AvgIpc) is 2.63. The van der Waals surface area contributed by atoms with E-state index in [0.29, 0.717) is 5.52 Å². The lowest BCUT2D eigenvalue weighted by molar-refractivity contribution is -0.384. The van der Waals surface area contributed by atoms with Gasteiger partial charge in [0, 0.05) is 17.7 Å². The molecular weight excluding hydrogens is 354 g/mol. The van der Waals surface area contributed by atoms with Crippen molar-refractivity contribution in [2.24, 2.45) is 0 Å². The monoisotopic (exact) mass is 367 g/mol. The molecule has 0 unspecified atom stereocenters. The summed E-state index contributed by atoms with van der Waals surface area (Å²) in [6.07, 6.45) is 1.21. The van der Waals surface area contributed by atoms with Crippen LogP contribution in [0.2, 0.25) is 0 Å². The van der Waals surface area contributed by atoms with Crippen LogP contribution in [0.5, 0.6) is 11.5 Å². The highest BCUT2D eigenvalue weighted by atomic mass is 16.6. The number of hydrogen-bond donors (Lipinski definition) is 3. The third kappa shape index (κ3) is 2.97. The number of fused-ring (bicyclic) bond motifs is 1. The lowest BCUT2D eigenvalue weighted by Gasteiger charge is -2.12. The van der Waals surface area contributed by atoms with Crippen molar-refractivity contribution in [3.05, 3.63) is 75.1 Å². The predicted molar refractivity (Wildman–Crippen MR) is 99.0 cm³/mol. The maximum Gasteiger partial charge on any atom is 0.273 e. The normalized spacial score (nSPS) is 10.5. The van der Waals surface area contributed by atoms with E-state index in [1.807, 2.05) is 0 Å². The summed E-state index contributed by atoms with van der Waals surface area (Å²) in [7, 11) is 0. The number of phenolic OH excluding ortho intramolecular Hbond substituents is 1. The van der Waals surface area contributed by atoms with Gasteiger partial charge in [0.2, 0.25) is 0 Å². The Bertz CT molecular complexity index is 1170. The van der Waals surface area contributed by atoms with Crippen molar-refractivity contribution in [3.63, 3.8) is 0 Å². The number of rotatable bonds is 4. The Hall–Kier alpha value is -4.14. The van der Waals surface area contributed by atoms with Crippen LogP contribution < -0.4 is 10.9 Å². The SMILES string of the molecule is C=Cn1c(=O)c(C(=O)Nc2ccc([N+](=O)[O-])cc2O)c(O)c2ccccc21. The van der Waals surface area contributed by atoms with Crippen LogP contribution in [-0.2, 0) is 0 Å². The highest BCUT2D eigenvalue weighted by Gasteiger charge is 2.22. The van der Waals surface area contributed by atoms with Gasteiger partial charge in [-0.25, -0.2) is 0 Å². The van der Waals surface area contributed by atoms with Crippen molar-refractivity contribution in [2.45, 2.75) is 0 Å².